The molecule has 0 aliphatic heterocycles. The number of aryl methyl sites for hydroxylation is 3. The molecule has 4 nitrogen and oxygen atoms in total. The van der Waals surface area contributed by atoms with Gasteiger partial charge in [-0.1, -0.05) is 6.07 Å². The van der Waals surface area contributed by atoms with Gasteiger partial charge in [-0.05, 0) is 56.1 Å². The van der Waals surface area contributed by atoms with Crippen molar-refractivity contribution >= 4 is 11.8 Å². The van der Waals surface area contributed by atoms with E-state index in [1.165, 1.54) is 11.8 Å². The van der Waals surface area contributed by atoms with E-state index in [1.54, 1.807) is 0 Å². The van der Waals surface area contributed by atoms with Crippen molar-refractivity contribution in [2.75, 3.05) is 0 Å². The molecule has 0 aromatic carbocycles. The molecule has 0 spiro atoms. The number of aromatic nitrogens is 3. The number of hydrogen-bond donors (Lipinski definition) is 1. The van der Waals surface area contributed by atoms with Gasteiger partial charge >= 0.3 is 0 Å². The van der Waals surface area contributed by atoms with Gasteiger partial charge in [0, 0.05) is 24.1 Å². The van der Waals surface area contributed by atoms with Crippen LogP contribution in [0.3, 0.4) is 0 Å². The lowest BCUT2D eigenvalue weighted by Gasteiger charge is -2.08. The van der Waals surface area contributed by atoms with E-state index in [1.807, 2.05) is 33.9 Å². The standard InChI is InChI=1S/C14H18N4S/c1-8-5-12(6-15)7-16-13(8)19-14-17-10(3)9(2)11(4)18-14/h5,7H,6,15H2,1-4H3. The molecule has 2 aromatic heterocycles. The quantitative estimate of drug-likeness (QED) is 0.872. The Morgan fingerprint density at radius 1 is 1.11 bits per heavy atom. The SMILES string of the molecule is Cc1cc(CN)cnc1Sc1nc(C)c(C)c(C)n1. The van der Waals surface area contributed by atoms with Crippen molar-refractivity contribution < 1.29 is 0 Å². The summed E-state index contributed by atoms with van der Waals surface area (Å²) in [7, 11) is 0. The number of nitrogens with two attached hydrogens (primary N) is 1. The van der Waals surface area contributed by atoms with Crippen LogP contribution in [0.1, 0.15) is 28.1 Å². The van der Waals surface area contributed by atoms with Gasteiger partial charge < -0.3 is 5.73 Å². The summed E-state index contributed by atoms with van der Waals surface area (Å²) in [5.41, 5.74) is 10.9. The van der Waals surface area contributed by atoms with Crippen molar-refractivity contribution in [1.82, 2.24) is 15.0 Å². The molecule has 0 atom stereocenters. The second kappa shape index (κ2) is 5.67. The first kappa shape index (κ1) is 14.0. The van der Waals surface area contributed by atoms with E-state index in [-0.39, 0.29) is 0 Å². The lowest BCUT2D eigenvalue weighted by atomic mass is 10.2. The van der Waals surface area contributed by atoms with Crippen LogP contribution in [-0.4, -0.2) is 15.0 Å². The third kappa shape index (κ3) is 3.11. The Kier molecular flexibility index (Phi) is 4.17. The molecule has 0 bridgehead atoms. The van der Waals surface area contributed by atoms with E-state index in [0.29, 0.717) is 6.54 Å². The zero-order valence-corrected chi connectivity index (χ0v) is 12.5. The molecule has 2 N–H and O–H groups in total. The minimum atomic E-state index is 0.512. The Morgan fingerprint density at radius 3 is 2.26 bits per heavy atom. The zero-order chi connectivity index (χ0) is 14.0. The summed E-state index contributed by atoms with van der Waals surface area (Å²) < 4.78 is 0. The summed E-state index contributed by atoms with van der Waals surface area (Å²) >= 11 is 1.50. The van der Waals surface area contributed by atoms with Gasteiger partial charge in [-0.15, -0.1) is 0 Å². The van der Waals surface area contributed by atoms with Gasteiger partial charge in [0.2, 0.25) is 0 Å². The van der Waals surface area contributed by atoms with Crippen LogP contribution in [-0.2, 0) is 6.54 Å². The van der Waals surface area contributed by atoms with Crippen LogP contribution >= 0.6 is 11.8 Å². The van der Waals surface area contributed by atoms with E-state index in [0.717, 1.165) is 38.3 Å². The summed E-state index contributed by atoms with van der Waals surface area (Å²) in [6.45, 7) is 8.59. The normalized spacial score (nSPS) is 10.8. The van der Waals surface area contributed by atoms with Crippen molar-refractivity contribution in [2.24, 2.45) is 5.73 Å². The predicted molar refractivity (Wildman–Crippen MR) is 77.2 cm³/mol. The zero-order valence-electron chi connectivity index (χ0n) is 11.7. The molecule has 0 radical (unpaired) electrons. The smallest absolute Gasteiger partial charge is 0.194 e. The van der Waals surface area contributed by atoms with Gasteiger partial charge in [0.15, 0.2) is 5.16 Å². The van der Waals surface area contributed by atoms with Gasteiger partial charge in [0.1, 0.15) is 5.03 Å². The number of pyridine rings is 1. The van der Waals surface area contributed by atoms with Crippen molar-refractivity contribution in [1.29, 1.82) is 0 Å². The van der Waals surface area contributed by atoms with E-state index < -0.39 is 0 Å². The minimum absolute atomic E-state index is 0.512. The molecule has 0 saturated carbocycles. The fraction of sp³-hybridized carbons (Fsp3) is 0.357. The number of hydrogen-bond acceptors (Lipinski definition) is 5. The van der Waals surface area contributed by atoms with Crippen LogP contribution < -0.4 is 5.73 Å². The highest BCUT2D eigenvalue weighted by Gasteiger charge is 2.09. The second-order valence-electron chi connectivity index (χ2n) is 4.57. The van der Waals surface area contributed by atoms with Crippen LogP contribution in [0.4, 0.5) is 0 Å². The van der Waals surface area contributed by atoms with Crippen LogP contribution in [0, 0.1) is 27.7 Å². The third-order valence-electron chi connectivity index (χ3n) is 3.12. The summed E-state index contributed by atoms with van der Waals surface area (Å²) in [5, 5.41) is 1.68. The largest absolute Gasteiger partial charge is 0.326 e. The topological polar surface area (TPSA) is 64.7 Å². The first-order valence-electron chi connectivity index (χ1n) is 6.16. The number of rotatable bonds is 3. The van der Waals surface area contributed by atoms with Gasteiger partial charge in [-0.2, -0.15) is 0 Å². The van der Waals surface area contributed by atoms with E-state index in [4.69, 9.17) is 5.73 Å². The Labute approximate surface area is 117 Å². The highest BCUT2D eigenvalue weighted by atomic mass is 32.2. The van der Waals surface area contributed by atoms with Crippen molar-refractivity contribution in [3.05, 3.63) is 40.3 Å². The average molecular weight is 274 g/mol. The molecule has 5 heteroatoms. The summed E-state index contributed by atoms with van der Waals surface area (Å²) in [4.78, 5) is 13.4. The Bertz CT molecular complexity index is 587. The van der Waals surface area contributed by atoms with E-state index in [9.17, 15) is 0 Å². The fourth-order valence-corrected chi connectivity index (χ4v) is 2.58. The molecule has 2 aromatic rings. The fourth-order valence-electron chi connectivity index (χ4n) is 1.71. The maximum atomic E-state index is 5.61. The van der Waals surface area contributed by atoms with Crippen molar-refractivity contribution in [3.8, 4) is 0 Å². The molecular weight excluding hydrogens is 256 g/mol. The monoisotopic (exact) mass is 274 g/mol. The van der Waals surface area contributed by atoms with Crippen LogP contribution in [0.15, 0.2) is 22.4 Å². The first-order valence-corrected chi connectivity index (χ1v) is 6.98. The molecule has 0 amide bonds. The molecular formula is C14H18N4S. The van der Waals surface area contributed by atoms with Crippen molar-refractivity contribution in [3.63, 3.8) is 0 Å². The maximum Gasteiger partial charge on any atom is 0.194 e. The third-order valence-corrected chi connectivity index (χ3v) is 4.11. The second-order valence-corrected chi connectivity index (χ2v) is 5.53. The maximum absolute atomic E-state index is 5.61. The lowest BCUT2D eigenvalue weighted by Crippen LogP contribution is -2.00. The molecule has 2 rings (SSSR count). The first-order chi connectivity index (χ1) is 9.01. The van der Waals surface area contributed by atoms with Crippen LogP contribution in [0.25, 0.3) is 0 Å². The van der Waals surface area contributed by atoms with Gasteiger partial charge in [-0.3, -0.25) is 0 Å². The van der Waals surface area contributed by atoms with Gasteiger partial charge in [-0.25, -0.2) is 15.0 Å². The van der Waals surface area contributed by atoms with Gasteiger partial charge in [0.25, 0.3) is 0 Å². The Morgan fingerprint density at radius 2 is 1.74 bits per heavy atom. The molecule has 0 unspecified atom stereocenters. The van der Waals surface area contributed by atoms with Crippen LogP contribution in [0.5, 0.6) is 0 Å². The lowest BCUT2D eigenvalue weighted by molar-refractivity contribution is 0.876. The highest BCUT2D eigenvalue weighted by Crippen LogP contribution is 2.27. The number of nitrogens with zero attached hydrogens (tertiary/aromatic N) is 3. The molecule has 19 heavy (non-hydrogen) atoms. The average Bonchev–Trinajstić information content (AvgIpc) is 2.38. The predicted octanol–water partition coefficient (Wildman–Crippen LogP) is 2.72. The molecule has 0 fully saturated rings. The minimum Gasteiger partial charge on any atom is -0.326 e. The molecule has 0 aliphatic carbocycles. The highest BCUT2D eigenvalue weighted by molar-refractivity contribution is 7.99. The summed E-state index contributed by atoms with van der Waals surface area (Å²) in [6, 6.07) is 2.06. The summed E-state index contributed by atoms with van der Waals surface area (Å²) in [6.07, 6.45) is 1.81. The Hall–Kier alpha value is -1.46. The van der Waals surface area contributed by atoms with E-state index in [2.05, 4.69) is 21.0 Å². The Balaban J connectivity index is 2.31. The van der Waals surface area contributed by atoms with E-state index >= 15 is 0 Å². The molecule has 2 heterocycles. The molecule has 0 saturated heterocycles. The molecule has 100 valence electrons. The molecule has 0 aliphatic rings. The van der Waals surface area contributed by atoms with Crippen molar-refractivity contribution in [2.45, 2.75) is 44.4 Å². The van der Waals surface area contributed by atoms with Crippen LogP contribution in [0.2, 0.25) is 0 Å². The summed E-state index contributed by atoms with van der Waals surface area (Å²) in [5.74, 6) is 0. The van der Waals surface area contributed by atoms with Gasteiger partial charge in [0.05, 0.1) is 0 Å².